The highest BCUT2D eigenvalue weighted by molar-refractivity contribution is 6.01. The van der Waals surface area contributed by atoms with Gasteiger partial charge >= 0.3 is 5.97 Å². The predicted molar refractivity (Wildman–Crippen MR) is 390 cm³/mol. The van der Waals surface area contributed by atoms with Crippen LogP contribution in [0.2, 0.25) is 0 Å². The number of aliphatic hydroxyl groups excluding tert-OH is 4. The largest absolute Gasteiger partial charge is 0.458 e. The van der Waals surface area contributed by atoms with Crippen molar-refractivity contribution in [2.45, 2.75) is 263 Å². The first-order chi connectivity index (χ1) is 50.4. The fraction of sp³-hybridized carbons (Fsp3) is 0.768. The van der Waals surface area contributed by atoms with Crippen LogP contribution in [0.5, 0.6) is 0 Å². The van der Waals surface area contributed by atoms with Gasteiger partial charge in [0.1, 0.15) is 72.6 Å². The van der Waals surface area contributed by atoms with Crippen molar-refractivity contribution in [3.8, 4) is 0 Å². The number of primary amides is 4. The van der Waals surface area contributed by atoms with Crippen LogP contribution < -0.4 is 82.3 Å². The Morgan fingerprint density at radius 2 is 1.14 bits per heavy atom. The predicted octanol–water partition coefficient (Wildman–Crippen LogP) is -7.92. The van der Waals surface area contributed by atoms with E-state index < -0.39 is 259 Å². The number of nitrogens with two attached hydrogens (primary N) is 6. The number of esters is 1. The van der Waals surface area contributed by atoms with Gasteiger partial charge in [0.25, 0.3) is 5.91 Å². The van der Waals surface area contributed by atoms with E-state index in [1.165, 1.54) is 20.8 Å². The van der Waals surface area contributed by atoms with E-state index in [1.807, 2.05) is 13.8 Å². The molecule has 0 bridgehead atoms. The number of nitrogens with one attached hydrogen (secondary N) is 9. The molecule has 22 atom stereocenters. The van der Waals surface area contributed by atoms with Crippen LogP contribution in [-0.4, -0.2) is 273 Å². The van der Waals surface area contributed by atoms with Gasteiger partial charge in [-0.2, -0.15) is 0 Å². The van der Waals surface area contributed by atoms with E-state index in [0.717, 1.165) is 60.2 Å². The third-order valence-electron chi connectivity index (χ3n) is 19.3. The van der Waals surface area contributed by atoms with Crippen molar-refractivity contribution in [3.05, 3.63) is 0 Å². The van der Waals surface area contributed by atoms with E-state index in [9.17, 15) is 92.7 Å². The number of ether oxygens (including phenoxy) is 2. The van der Waals surface area contributed by atoms with Crippen LogP contribution >= 0.6 is 0 Å². The average Bonchev–Trinajstić information content (AvgIpc) is 1.04. The number of methoxy groups -OCH3 is 1. The fourth-order valence-corrected chi connectivity index (χ4v) is 12.1. The van der Waals surface area contributed by atoms with Gasteiger partial charge in [-0.1, -0.05) is 75.7 Å². The summed E-state index contributed by atoms with van der Waals surface area (Å²) in [6, 6.07) is -21.6. The van der Waals surface area contributed by atoms with Crippen LogP contribution in [0.3, 0.4) is 0 Å². The van der Waals surface area contributed by atoms with Gasteiger partial charge in [-0.15, -0.1) is 0 Å². The lowest BCUT2D eigenvalue weighted by atomic mass is 9.85. The second kappa shape index (κ2) is 45.4. The van der Waals surface area contributed by atoms with Gasteiger partial charge in [-0.25, -0.2) is 4.79 Å². The van der Waals surface area contributed by atoms with Crippen LogP contribution in [0, 0.1) is 41.4 Å². The zero-order valence-corrected chi connectivity index (χ0v) is 65.6. The summed E-state index contributed by atoms with van der Waals surface area (Å²) >= 11 is 0. The maximum absolute atomic E-state index is 15.2. The van der Waals surface area contributed by atoms with Crippen molar-refractivity contribution in [3.63, 3.8) is 0 Å². The maximum Gasteiger partial charge on any atom is 0.329 e. The van der Waals surface area contributed by atoms with Crippen LogP contribution in [-0.2, 0) is 86.2 Å². The molecule has 1 fully saturated rings. The normalized spacial score (nSPS) is 24.4. The molecule has 40 heteroatoms. The number of nitrogens with zero attached hydrogens (tertiary/aromatic N) is 2. The Balaban J connectivity index is 4.50. The summed E-state index contributed by atoms with van der Waals surface area (Å²) in [7, 11) is 2.99. The molecule has 1 rings (SSSR count). The van der Waals surface area contributed by atoms with Crippen molar-refractivity contribution in [2.75, 3.05) is 34.3 Å². The van der Waals surface area contributed by atoms with Gasteiger partial charge in [-0.3, -0.25) is 71.9 Å². The number of carbonyl (C=O) groups is 16. The van der Waals surface area contributed by atoms with Crippen molar-refractivity contribution < 1.29 is 112 Å². The summed E-state index contributed by atoms with van der Waals surface area (Å²) < 4.78 is 11.1. The molecule has 0 radical (unpaired) electrons. The average molecular weight is 1560 g/mol. The van der Waals surface area contributed by atoms with Crippen LogP contribution in [0.4, 0.5) is 0 Å². The maximum atomic E-state index is 15.2. The lowest BCUT2D eigenvalue weighted by molar-refractivity contribution is -0.162. The summed E-state index contributed by atoms with van der Waals surface area (Å²) in [4.78, 5) is 228. The van der Waals surface area contributed by atoms with Gasteiger partial charge in [0.05, 0.1) is 36.2 Å². The monoisotopic (exact) mass is 1560 g/mol. The Kier molecular flexibility index (Phi) is 40.9. The molecule has 0 spiro atoms. The van der Waals surface area contributed by atoms with E-state index in [0.29, 0.717) is 11.3 Å². The summed E-state index contributed by atoms with van der Waals surface area (Å²) in [5, 5.41) is 78.1. The molecule has 1 saturated heterocycles. The Labute approximate surface area is 635 Å². The van der Waals surface area contributed by atoms with Crippen LogP contribution in [0.15, 0.2) is 0 Å². The van der Waals surface area contributed by atoms with Gasteiger partial charge < -0.3 is 127 Å². The molecule has 109 heavy (non-hydrogen) atoms. The third-order valence-corrected chi connectivity index (χ3v) is 19.3. The quantitative estimate of drug-likeness (QED) is 0.0259. The number of likely N-dealkylation sites (N-methyl/N-ethyl adjacent to an activating group) is 2. The molecule has 0 aromatic carbocycles. The fourth-order valence-electron chi connectivity index (χ4n) is 12.1. The number of aliphatic hydroxyl groups is 5. The Morgan fingerprint density at radius 1 is 0.606 bits per heavy atom. The minimum Gasteiger partial charge on any atom is -0.458 e. The molecule has 0 aromatic rings. The molecule has 0 aromatic heterocycles. The minimum absolute atomic E-state index is 0.0123. The molecule has 1 heterocycles. The van der Waals surface area contributed by atoms with E-state index in [1.54, 1.807) is 34.6 Å². The van der Waals surface area contributed by atoms with Crippen LogP contribution in [0.25, 0.3) is 0 Å². The highest BCUT2D eigenvalue weighted by atomic mass is 16.5. The number of amides is 15. The summed E-state index contributed by atoms with van der Waals surface area (Å²) in [5.74, 6) is -25.4. The highest BCUT2D eigenvalue weighted by Gasteiger charge is 2.47. The topological polar surface area (TPSA) is 664 Å². The highest BCUT2D eigenvalue weighted by Crippen LogP contribution is 2.25. The van der Waals surface area contributed by atoms with Gasteiger partial charge in [0.2, 0.25) is 82.7 Å². The first-order valence-corrected chi connectivity index (χ1v) is 36.4. The molecular weight excluding hydrogens is 1430 g/mol. The van der Waals surface area contributed by atoms with Crippen molar-refractivity contribution in [1.82, 2.24) is 57.7 Å². The number of hydrogen-bond donors (Lipinski definition) is 20. The molecule has 0 saturated carbocycles. The zero-order chi connectivity index (χ0) is 84.3. The standard InChI is InChI=1S/C69H123N17O23/c1-18-31(6)26-32(7)50(90)35(10)57(95)79-41(28-71)59(97)84-54(69(13,14)107)51(91)52(92)65(103)80-46(33(8)34(9)55(74)93)61(99)82-48-37(12)109-68(106)43(25-30(4)5)86(16)67(105)40(27-45(73)89)78-64(102)49(53(108-17)56(75)94)83-60(98)42(21-22-44(72)88)85(15)66(104)39(24-29(2)3)77-58(96)38(20-19-23-70)76-62(100)47(36(11)87)81-63(48)101/h29-43,46-54,87,90-92,107H,18-28,70-71H2,1-17H3,(H2,72,88)(H2,73,89)(H2,74,93)(H2,75,94)(H,76,100)(H,77,96)(H,78,102)(H,79,95)(H,80,103)(H,81,101)(H,82,99)(H,83,98)(H,84,97)/t31-,32-,33+,34+,35+,36+,37+,38+,39-,40+,41+,42-,43-,46-,47+,48+,49+,50+,51+,52+,53+,54-/m0/s1. The zero-order valence-electron chi connectivity index (χ0n) is 65.6. The number of rotatable bonds is 36. The Hall–Kier alpha value is -8.80. The van der Waals surface area contributed by atoms with E-state index >= 15 is 9.59 Å². The van der Waals surface area contributed by atoms with Gasteiger partial charge in [0.15, 0.2) is 12.2 Å². The molecule has 40 nitrogen and oxygen atoms in total. The molecule has 0 aliphatic carbocycles. The van der Waals surface area contributed by atoms with Crippen molar-refractivity contribution in [1.29, 1.82) is 0 Å². The van der Waals surface area contributed by atoms with Gasteiger partial charge in [0, 0.05) is 40.1 Å². The molecule has 0 unspecified atom stereocenters. The molecule has 15 amide bonds. The number of carbonyl (C=O) groups excluding carboxylic acids is 16. The molecule has 1 aliphatic rings. The first-order valence-electron chi connectivity index (χ1n) is 36.4. The molecule has 622 valence electrons. The smallest absolute Gasteiger partial charge is 0.329 e. The minimum atomic E-state index is -2.75. The van der Waals surface area contributed by atoms with Gasteiger partial charge in [-0.05, 0) is 102 Å². The second-order valence-corrected chi connectivity index (χ2v) is 29.8. The Morgan fingerprint density at radius 3 is 1.62 bits per heavy atom. The van der Waals surface area contributed by atoms with Crippen molar-refractivity contribution in [2.24, 2.45) is 75.8 Å². The van der Waals surface area contributed by atoms with E-state index in [2.05, 4.69) is 47.9 Å². The lowest BCUT2D eigenvalue weighted by Gasteiger charge is -2.37. The summed E-state index contributed by atoms with van der Waals surface area (Å²) in [6.07, 6.45) is -14.3. The first kappa shape index (κ1) is 98.2. The van der Waals surface area contributed by atoms with Crippen LogP contribution in [0.1, 0.15) is 155 Å². The summed E-state index contributed by atoms with van der Waals surface area (Å²) in [5.41, 5.74) is 32.0. The number of cyclic esters (lactones) is 1. The molecular formula is C69H123N17O23. The Bertz CT molecular complexity index is 3160. The third kappa shape index (κ3) is 30.2. The summed E-state index contributed by atoms with van der Waals surface area (Å²) in [6.45, 7) is 19.4. The molecule has 1 aliphatic heterocycles. The lowest BCUT2D eigenvalue weighted by Crippen LogP contribution is -2.66. The molecule has 26 N–H and O–H groups in total. The second-order valence-electron chi connectivity index (χ2n) is 29.8. The SMILES string of the molecule is CC[C@H](C)C[C@H](C)[C@@H](O)[C@@H](C)C(=O)N[C@H](CN)C(=O)N[C@@H]([C@H](O)[C@@H](O)C(=O)N[C@H](C(=O)N[C@H]1C(=O)N[C@H]([C@@H](C)O)C(=O)N[C@H](CCCN)C(=O)N[C@@H](CC(C)C)C(=O)N(C)[C@@H](CCC(N)=O)C(=O)N[C@H]([C@@H](OC)C(N)=O)C(=O)N[C@H](CC(N)=O)C(=O)N(C)[C@@H](CC(C)C)C(=O)O[C@@H]1C)[C@H](C)[C@@H](C)C(N)=O)C(C)(C)O. The van der Waals surface area contributed by atoms with E-state index in [-0.39, 0.29) is 44.1 Å². The number of hydrogen-bond acceptors (Lipinski definition) is 25. The van der Waals surface area contributed by atoms with Crippen molar-refractivity contribution >= 4 is 94.6 Å². The van der Waals surface area contributed by atoms with E-state index in [4.69, 9.17) is 43.9 Å².